The number of nitrogens with one attached hydrogen (secondary N) is 1. The standard InChI is InChI=1S/C16H17BrFN/c1-11(2)12-4-3-5-15(8-12)19-10-13-6-7-14(17)9-16(13)18/h3-9,11,19H,10H2,1-2H3. The molecule has 2 aromatic carbocycles. The van der Waals surface area contributed by atoms with E-state index < -0.39 is 0 Å². The van der Waals surface area contributed by atoms with Gasteiger partial charge in [0.1, 0.15) is 5.82 Å². The van der Waals surface area contributed by atoms with Gasteiger partial charge in [-0.2, -0.15) is 0 Å². The van der Waals surface area contributed by atoms with Crippen LogP contribution < -0.4 is 5.32 Å². The van der Waals surface area contributed by atoms with E-state index in [0.717, 1.165) is 10.2 Å². The van der Waals surface area contributed by atoms with E-state index in [2.05, 4.69) is 47.2 Å². The molecular weight excluding hydrogens is 305 g/mol. The highest BCUT2D eigenvalue weighted by Crippen LogP contribution is 2.20. The summed E-state index contributed by atoms with van der Waals surface area (Å²) in [6, 6.07) is 13.4. The molecule has 0 spiro atoms. The number of rotatable bonds is 4. The van der Waals surface area contributed by atoms with Gasteiger partial charge in [0.05, 0.1) is 0 Å². The van der Waals surface area contributed by atoms with Gasteiger partial charge in [0.15, 0.2) is 0 Å². The summed E-state index contributed by atoms with van der Waals surface area (Å²) in [4.78, 5) is 0. The number of anilines is 1. The summed E-state index contributed by atoms with van der Waals surface area (Å²) >= 11 is 3.26. The lowest BCUT2D eigenvalue weighted by Crippen LogP contribution is -2.02. The van der Waals surface area contributed by atoms with Crippen molar-refractivity contribution in [2.24, 2.45) is 0 Å². The van der Waals surface area contributed by atoms with E-state index in [1.807, 2.05) is 18.2 Å². The third kappa shape index (κ3) is 3.80. The second-order valence-electron chi connectivity index (χ2n) is 4.87. The molecule has 0 aliphatic carbocycles. The molecule has 0 aliphatic heterocycles. The van der Waals surface area contributed by atoms with Gasteiger partial charge in [-0.25, -0.2) is 4.39 Å². The zero-order chi connectivity index (χ0) is 13.8. The van der Waals surface area contributed by atoms with Crippen LogP contribution >= 0.6 is 15.9 Å². The maximum Gasteiger partial charge on any atom is 0.129 e. The van der Waals surface area contributed by atoms with Crippen LogP contribution in [-0.2, 0) is 6.54 Å². The Hall–Kier alpha value is -1.35. The van der Waals surface area contributed by atoms with Crippen molar-refractivity contribution in [1.82, 2.24) is 0 Å². The van der Waals surface area contributed by atoms with Gasteiger partial charge in [-0.1, -0.05) is 48.0 Å². The number of hydrogen-bond acceptors (Lipinski definition) is 1. The van der Waals surface area contributed by atoms with E-state index in [-0.39, 0.29) is 5.82 Å². The molecular formula is C16H17BrFN. The monoisotopic (exact) mass is 321 g/mol. The van der Waals surface area contributed by atoms with Crippen LogP contribution in [0.25, 0.3) is 0 Å². The van der Waals surface area contributed by atoms with Gasteiger partial charge in [0, 0.05) is 22.3 Å². The molecule has 0 heterocycles. The quantitative estimate of drug-likeness (QED) is 0.803. The summed E-state index contributed by atoms with van der Waals surface area (Å²) in [7, 11) is 0. The summed E-state index contributed by atoms with van der Waals surface area (Å²) in [5.41, 5.74) is 2.97. The van der Waals surface area contributed by atoms with Gasteiger partial charge in [0.2, 0.25) is 0 Å². The van der Waals surface area contributed by atoms with Crippen LogP contribution in [0, 0.1) is 5.82 Å². The molecule has 1 N–H and O–H groups in total. The second kappa shape index (κ2) is 6.20. The van der Waals surface area contributed by atoms with Crippen molar-refractivity contribution >= 4 is 21.6 Å². The average Bonchev–Trinajstić information content (AvgIpc) is 2.38. The van der Waals surface area contributed by atoms with E-state index in [4.69, 9.17) is 0 Å². The van der Waals surface area contributed by atoms with E-state index in [1.54, 1.807) is 6.07 Å². The molecule has 0 radical (unpaired) electrons. The topological polar surface area (TPSA) is 12.0 Å². The van der Waals surface area contributed by atoms with Crippen LogP contribution in [0.5, 0.6) is 0 Å². The molecule has 0 saturated carbocycles. The Morgan fingerprint density at radius 1 is 1.16 bits per heavy atom. The predicted octanol–water partition coefficient (Wildman–Crippen LogP) is 5.32. The van der Waals surface area contributed by atoms with Crippen LogP contribution in [0.3, 0.4) is 0 Å². The highest BCUT2D eigenvalue weighted by molar-refractivity contribution is 9.10. The van der Waals surface area contributed by atoms with Crippen LogP contribution in [0.4, 0.5) is 10.1 Å². The summed E-state index contributed by atoms with van der Waals surface area (Å²) < 4.78 is 14.5. The third-order valence-corrected chi connectivity index (χ3v) is 3.54. The first-order valence-corrected chi connectivity index (χ1v) is 7.13. The summed E-state index contributed by atoms with van der Waals surface area (Å²) in [6.07, 6.45) is 0. The molecule has 2 rings (SSSR count). The highest BCUT2D eigenvalue weighted by Gasteiger charge is 2.04. The first kappa shape index (κ1) is 14.1. The fraction of sp³-hybridized carbons (Fsp3) is 0.250. The molecule has 0 aliphatic rings. The van der Waals surface area contributed by atoms with Crippen molar-refractivity contribution < 1.29 is 4.39 Å². The predicted molar refractivity (Wildman–Crippen MR) is 82.0 cm³/mol. The minimum Gasteiger partial charge on any atom is -0.381 e. The van der Waals surface area contributed by atoms with E-state index in [9.17, 15) is 4.39 Å². The summed E-state index contributed by atoms with van der Waals surface area (Å²) in [5.74, 6) is 0.299. The lowest BCUT2D eigenvalue weighted by atomic mass is 10.0. The van der Waals surface area contributed by atoms with Crippen LogP contribution in [0.2, 0.25) is 0 Å². The van der Waals surface area contributed by atoms with Gasteiger partial charge in [-0.3, -0.25) is 0 Å². The van der Waals surface area contributed by atoms with Crippen LogP contribution in [-0.4, -0.2) is 0 Å². The molecule has 0 atom stereocenters. The fourth-order valence-electron chi connectivity index (χ4n) is 1.87. The molecule has 0 unspecified atom stereocenters. The molecule has 0 amide bonds. The van der Waals surface area contributed by atoms with E-state index in [0.29, 0.717) is 18.0 Å². The molecule has 100 valence electrons. The van der Waals surface area contributed by atoms with Crippen molar-refractivity contribution in [2.45, 2.75) is 26.3 Å². The molecule has 3 heteroatoms. The van der Waals surface area contributed by atoms with E-state index in [1.165, 1.54) is 11.6 Å². The van der Waals surface area contributed by atoms with Gasteiger partial charge in [-0.15, -0.1) is 0 Å². The van der Waals surface area contributed by atoms with Gasteiger partial charge < -0.3 is 5.32 Å². The zero-order valence-corrected chi connectivity index (χ0v) is 12.7. The minimum absolute atomic E-state index is 0.193. The number of halogens is 2. The van der Waals surface area contributed by atoms with Crippen molar-refractivity contribution in [3.05, 3.63) is 63.9 Å². The first-order chi connectivity index (χ1) is 9.06. The highest BCUT2D eigenvalue weighted by atomic mass is 79.9. The third-order valence-electron chi connectivity index (χ3n) is 3.05. The Labute approximate surface area is 122 Å². The Balaban J connectivity index is 2.08. The molecule has 1 nitrogen and oxygen atoms in total. The Bertz CT molecular complexity index is 566. The van der Waals surface area contributed by atoms with Gasteiger partial charge in [0.25, 0.3) is 0 Å². The zero-order valence-electron chi connectivity index (χ0n) is 11.1. The maximum atomic E-state index is 13.7. The smallest absolute Gasteiger partial charge is 0.129 e. The Morgan fingerprint density at radius 3 is 2.63 bits per heavy atom. The van der Waals surface area contributed by atoms with E-state index >= 15 is 0 Å². The molecule has 0 aromatic heterocycles. The van der Waals surface area contributed by atoms with Gasteiger partial charge in [-0.05, 0) is 35.7 Å². The number of benzene rings is 2. The Morgan fingerprint density at radius 2 is 1.95 bits per heavy atom. The lowest BCUT2D eigenvalue weighted by Gasteiger charge is -2.11. The largest absolute Gasteiger partial charge is 0.381 e. The molecule has 0 bridgehead atoms. The van der Waals surface area contributed by atoms with Crippen molar-refractivity contribution in [3.63, 3.8) is 0 Å². The van der Waals surface area contributed by atoms with Crippen molar-refractivity contribution in [2.75, 3.05) is 5.32 Å². The minimum atomic E-state index is -0.193. The molecule has 0 fully saturated rings. The summed E-state index contributed by atoms with van der Waals surface area (Å²) in [5, 5.41) is 3.26. The van der Waals surface area contributed by atoms with Crippen molar-refractivity contribution in [3.8, 4) is 0 Å². The SMILES string of the molecule is CC(C)c1cccc(NCc2ccc(Br)cc2F)c1. The van der Waals surface area contributed by atoms with Crippen molar-refractivity contribution in [1.29, 1.82) is 0 Å². The molecule has 0 saturated heterocycles. The molecule has 2 aromatic rings. The van der Waals surface area contributed by atoms with Crippen LogP contribution in [0.1, 0.15) is 30.9 Å². The first-order valence-electron chi connectivity index (χ1n) is 6.34. The van der Waals surface area contributed by atoms with Gasteiger partial charge >= 0.3 is 0 Å². The summed E-state index contributed by atoms with van der Waals surface area (Å²) in [6.45, 7) is 4.81. The Kier molecular flexibility index (Phi) is 4.59. The second-order valence-corrected chi connectivity index (χ2v) is 5.79. The lowest BCUT2D eigenvalue weighted by molar-refractivity contribution is 0.612. The van der Waals surface area contributed by atoms with Crippen LogP contribution in [0.15, 0.2) is 46.9 Å². The number of hydrogen-bond donors (Lipinski definition) is 1. The molecule has 19 heavy (non-hydrogen) atoms. The normalized spacial score (nSPS) is 10.8. The average molecular weight is 322 g/mol. The fourth-order valence-corrected chi connectivity index (χ4v) is 2.20. The maximum absolute atomic E-state index is 13.7.